The summed E-state index contributed by atoms with van der Waals surface area (Å²) in [5, 5.41) is 12.6. The maximum absolute atomic E-state index is 12.9. The van der Waals surface area contributed by atoms with Gasteiger partial charge in [-0.1, -0.05) is 42.5 Å². The number of aromatic nitrogens is 2. The highest BCUT2D eigenvalue weighted by molar-refractivity contribution is 7.89. The molecule has 3 rings (SSSR count). The lowest BCUT2D eigenvalue weighted by atomic mass is 10.1. The van der Waals surface area contributed by atoms with Crippen LogP contribution >= 0.6 is 0 Å². The number of benzene rings is 2. The molecule has 2 aromatic carbocycles. The molecule has 0 fully saturated rings. The van der Waals surface area contributed by atoms with Crippen molar-refractivity contribution in [2.45, 2.75) is 38.3 Å². The Morgan fingerprint density at radius 2 is 1.72 bits per heavy atom. The number of carbonyl (C=O) groups is 1. The normalized spacial score (nSPS) is 12.6. The van der Waals surface area contributed by atoms with Crippen LogP contribution in [0.3, 0.4) is 0 Å². The van der Waals surface area contributed by atoms with E-state index in [9.17, 15) is 13.2 Å². The molecule has 29 heavy (non-hydrogen) atoms. The third kappa shape index (κ3) is 4.72. The molecule has 3 aromatic rings. The Morgan fingerprint density at radius 1 is 1.10 bits per heavy atom. The Bertz CT molecular complexity index is 1120. The minimum absolute atomic E-state index is 0.0358. The zero-order valence-electron chi connectivity index (χ0n) is 16.6. The molecule has 0 bridgehead atoms. The fourth-order valence-corrected chi connectivity index (χ4v) is 3.75. The summed E-state index contributed by atoms with van der Waals surface area (Å²) in [6.45, 7) is 6.12. The van der Waals surface area contributed by atoms with Crippen molar-refractivity contribution >= 4 is 15.9 Å². The van der Waals surface area contributed by atoms with Crippen LogP contribution in [0.15, 0.2) is 59.5 Å². The number of sulfonamides is 1. The van der Waals surface area contributed by atoms with Crippen molar-refractivity contribution in [3.8, 4) is 0 Å². The molecule has 7 nitrogen and oxygen atoms in total. The van der Waals surface area contributed by atoms with Crippen LogP contribution in [0.4, 0.5) is 0 Å². The number of nitrogens with zero attached hydrogens (tertiary/aromatic N) is 2. The van der Waals surface area contributed by atoms with Crippen LogP contribution in [0.5, 0.6) is 0 Å². The lowest BCUT2D eigenvalue weighted by Crippen LogP contribution is -2.27. The van der Waals surface area contributed by atoms with Gasteiger partial charge < -0.3 is 5.32 Å². The van der Waals surface area contributed by atoms with E-state index in [1.165, 1.54) is 12.1 Å². The minimum atomic E-state index is -3.74. The Balaban J connectivity index is 1.76. The van der Waals surface area contributed by atoms with Gasteiger partial charge >= 0.3 is 0 Å². The maximum Gasteiger partial charge on any atom is 0.255 e. The number of nitrogens with two attached hydrogens (primary N) is 1. The van der Waals surface area contributed by atoms with E-state index in [-0.39, 0.29) is 16.8 Å². The molecule has 0 saturated heterocycles. The van der Waals surface area contributed by atoms with Crippen LogP contribution in [-0.4, -0.2) is 24.1 Å². The Kier molecular flexibility index (Phi) is 5.86. The molecule has 8 heteroatoms. The van der Waals surface area contributed by atoms with E-state index in [2.05, 4.69) is 10.4 Å². The van der Waals surface area contributed by atoms with Gasteiger partial charge in [0, 0.05) is 5.69 Å². The highest BCUT2D eigenvalue weighted by atomic mass is 32.2. The number of primary sulfonamides is 1. The molecular weight excluding hydrogens is 388 g/mol. The van der Waals surface area contributed by atoms with Crippen LogP contribution in [0.1, 0.15) is 45.8 Å². The van der Waals surface area contributed by atoms with E-state index in [1.807, 2.05) is 55.8 Å². The standard InChI is InChI=1S/C21H24N4O3S/c1-14(18-9-11-19(12-10-18)29(22,27)28)23-21(26)20-15(2)24-25(16(20)3)13-17-7-5-4-6-8-17/h4-12,14H,13H2,1-3H3,(H,23,26)(H2,22,27,28)/t14-/m1/s1. The van der Waals surface area contributed by atoms with E-state index in [1.54, 1.807) is 12.1 Å². The first-order valence-corrected chi connectivity index (χ1v) is 10.7. The van der Waals surface area contributed by atoms with Gasteiger partial charge in [-0.15, -0.1) is 0 Å². The van der Waals surface area contributed by atoms with Gasteiger partial charge in [-0.2, -0.15) is 5.10 Å². The molecule has 0 unspecified atom stereocenters. The topological polar surface area (TPSA) is 107 Å². The second-order valence-corrected chi connectivity index (χ2v) is 8.56. The molecule has 1 atom stereocenters. The molecule has 0 aliphatic carbocycles. The number of hydrogen-bond donors (Lipinski definition) is 2. The first-order valence-electron chi connectivity index (χ1n) is 9.18. The molecule has 0 aliphatic rings. The summed E-state index contributed by atoms with van der Waals surface area (Å²) < 4.78 is 24.6. The molecule has 152 valence electrons. The van der Waals surface area contributed by atoms with Crippen LogP contribution in [0.25, 0.3) is 0 Å². The minimum Gasteiger partial charge on any atom is -0.345 e. The fraction of sp³-hybridized carbons (Fsp3) is 0.238. The highest BCUT2D eigenvalue weighted by Crippen LogP contribution is 2.19. The number of carbonyl (C=O) groups excluding carboxylic acids is 1. The van der Waals surface area contributed by atoms with Crippen molar-refractivity contribution in [2.75, 3.05) is 0 Å². The predicted molar refractivity (Wildman–Crippen MR) is 111 cm³/mol. The summed E-state index contributed by atoms with van der Waals surface area (Å²) in [5.41, 5.74) is 3.88. The van der Waals surface area contributed by atoms with Crippen molar-refractivity contribution in [2.24, 2.45) is 5.14 Å². The van der Waals surface area contributed by atoms with Gasteiger partial charge in [0.25, 0.3) is 5.91 Å². The zero-order valence-corrected chi connectivity index (χ0v) is 17.4. The van der Waals surface area contributed by atoms with Crippen molar-refractivity contribution in [1.29, 1.82) is 0 Å². The molecule has 0 aliphatic heterocycles. The van der Waals surface area contributed by atoms with Gasteiger partial charge in [0.05, 0.1) is 28.7 Å². The number of nitrogens with one attached hydrogen (secondary N) is 1. The van der Waals surface area contributed by atoms with Crippen LogP contribution < -0.4 is 10.5 Å². The average Bonchev–Trinajstić information content (AvgIpc) is 2.95. The van der Waals surface area contributed by atoms with Crippen molar-refractivity contribution in [3.63, 3.8) is 0 Å². The van der Waals surface area contributed by atoms with Crippen LogP contribution in [0, 0.1) is 13.8 Å². The molecule has 3 N–H and O–H groups in total. The summed E-state index contributed by atoms with van der Waals surface area (Å²) in [4.78, 5) is 12.9. The van der Waals surface area contributed by atoms with Crippen LogP contribution in [0.2, 0.25) is 0 Å². The highest BCUT2D eigenvalue weighted by Gasteiger charge is 2.21. The van der Waals surface area contributed by atoms with Crippen LogP contribution in [-0.2, 0) is 16.6 Å². The molecule has 0 radical (unpaired) electrons. The largest absolute Gasteiger partial charge is 0.345 e. The third-order valence-corrected chi connectivity index (χ3v) is 5.77. The quantitative estimate of drug-likeness (QED) is 0.649. The first kappa shape index (κ1) is 20.8. The molecule has 0 saturated carbocycles. The molecule has 0 spiro atoms. The van der Waals surface area contributed by atoms with E-state index >= 15 is 0 Å². The van der Waals surface area contributed by atoms with Gasteiger partial charge in [-0.25, -0.2) is 13.6 Å². The molecule has 1 heterocycles. The zero-order chi connectivity index (χ0) is 21.2. The van der Waals surface area contributed by atoms with E-state index in [0.29, 0.717) is 17.8 Å². The van der Waals surface area contributed by atoms with Gasteiger partial charge in [-0.05, 0) is 44.0 Å². The van der Waals surface area contributed by atoms with Crippen molar-refractivity contribution in [3.05, 3.63) is 82.7 Å². The Morgan fingerprint density at radius 3 is 2.31 bits per heavy atom. The summed E-state index contributed by atoms with van der Waals surface area (Å²) >= 11 is 0. The van der Waals surface area contributed by atoms with Crippen molar-refractivity contribution < 1.29 is 13.2 Å². The number of hydrogen-bond acceptors (Lipinski definition) is 4. The van der Waals surface area contributed by atoms with E-state index in [0.717, 1.165) is 16.8 Å². The molecule has 1 aromatic heterocycles. The lowest BCUT2D eigenvalue weighted by Gasteiger charge is -2.15. The lowest BCUT2D eigenvalue weighted by molar-refractivity contribution is 0.0938. The van der Waals surface area contributed by atoms with Gasteiger partial charge in [-0.3, -0.25) is 9.48 Å². The third-order valence-electron chi connectivity index (χ3n) is 4.84. The summed E-state index contributed by atoms with van der Waals surface area (Å²) in [6.07, 6.45) is 0. The first-order chi connectivity index (χ1) is 13.7. The fourth-order valence-electron chi connectivity index (χ4n) is 3.23. The van der Waals surface area contributed by atoms with Gasteiger partial charge in [0.15, 0.2) is 0 Å². The Hall–Kier alpha value is -2.97. The average molecular weight is 413 g/mol. The summed E-state index contributed by atoms with van der Waals surface area (Å²) in [6, 6.07) is 15.8. The predicted octanol–water partition coefficient (Wildman–Crippen LogP) is 2.69. The summed E-state index contributed by atoms with van der Waals surface area (Å²) in [7, 11) is -3.74. The number of rotatable bonds is 6. The molecular formula is C21H24N4O3S. The SMILES string of the molecule is Cc1nn(Cc2ccccc2)c(C)c1C(=O)N[C@H](C)c1ccc(S(N)(=O)=O)cc1. The van der Waals surface area contributed by atoms with E-state index < -0.39 is 10.0 Å². The smallest absolute Gasteiger partial charge is 0.255 e. The van der Waals surface area contributed by atoms with Crippen molar-refractivity contribution in [1.82, 2.24) is 15.1 Å². The van der Waals surface area contributed by atoms with Gasteiger partial charge in [0.1, 0.15) is 0 Å². The maximum atomic E-state index is 12.9. The number of aryl methyl sites for hydroxylation is 1. The molecule has 1 amide bonds. The second kappa shape index (κ2) is 8.18. The second-order valence-electron chi connectivity index (χ2n) is 7.00. The van der Waals surface area contributed by atoms with Gasteiger partial charge in [0.2, 0.25) is 10.0 Å². The number of amides is 1. The summed E-state index contributed by atoms with van der Waals surface area (Å²) in [5.74, 6) is -0.220. The van der Waals surface area contributed by atoms with E-state index in [4.69, 9.17) is 5.14 Å². The monoisotopic (exact) mass is 412 g/mol. The Labute approximate surface area is 170 Å².